The molecule has 0 aliphatic carbocycles. The Hall–Kier alpha value is -3.87. The lowest BCUT2D eigenvalue weighted by Crippen LogP contribution is -2.49. The Labute approximate surface area is 218 Å². The van der Waals surface area contributed by atoms with E-state index in [4.69, 9.17) is 4.74 Å². The molecule has 3 amide bonds. The molecule has 0 aromatic heterocycles. The van der Waals surface area contributed by atoms with Gasteiger partial charge in [-0.05, 0) is 61.9 Å². The normalized spacial score (nSPS) is 13.9. The van der Waals surface area contributed by atoms with E-state index in [0.29, 0.717) is 25.1 Å². The molecule has 1 heterocycles. The molecule has 7 nitrogen and oxygen atoms in total. The molecule has 0 unspecified atom stereocenters. The topological polar surface area (TPSA) is 79.0 Å². The van der Waals surface area contributed by atoms with Crippen molar-refractivity contribution >= 4 is 34.2 Å². The molecule has 0 bridgehead atoms. The molecular formula is C30H35N3O4. The van der Waals surface area contributed by atoms with Crippen LogP contribution < -0.4 is 15.0 Å². The number of carbonyl (C=O) groups excluding carboxylic acids is 3. The van der Waals surface area contributed by atoms with Gasteiger partial charge in [-0.3, -0.25) is 14.4 Å². The van der Waals surface area contributed by atoms with Gasteiger partial charge >= 0.3 is 0 Å². The van der Waals surface area contributed by atoms with Crippen molar-refractivity contribution in [2.24, 2.45) is 0 Å². The Bertz CT molecular complexity index is 1280. The Kier molecular flexibility index (Phi) is 8.11. The van der Waals surface area contributed by atoms with Gasteiger partial charge in [0.05, 0.1) is 12.8 Å². The van der Waals surface area contributed by atoms with E-state index in [2.05, 4.69) is 5.32 Å². The van der Waals surface area contributed by atoms with Crippen LogP contribution >= 0.6 is 0 Å². The molecule has 0 spiro atoms. The van der Waals surface area contributed by atoms with Crippen LogP contribution in [0, 0.1) is 0 Å². The number of methoxy groups -OCH3 is 1. The number of carbonyl (C=O) groups is 3. The van der Waals surface area contributed by atoms with Crippen LogP contribution in [0.5, 0.6) is 5.75 Å². The minimum Gasteiger partial charge on any atom is -0.497 e. The summed E-state index contributed by atoms with van der Waals surface area (Å²) in [5.74, 6) is 0.407. The van der Waals surface area contributed by atoms with Crippen LogP contribution in [0.3, 0.4) is 0 Å². The first kappa shape index (κ1) is 26.2. The molecule has 7 heteroatoms. The predicted octanol–water partition coefficient (Wildman–Crippen LogP) is 4.92. The van der Waals surface area contributed by atoms with Gasteiger partial charge in [-0.1, -0.05) is 43.3 Å². The number of amides is 3. The minimum absolute atomic E-state index is 0.0263. The van der Waals surface area contributed by atoms with E-state index in [0.717, 1.165) is 34.2 Å². The maximum absolute atomic E-state index is 13.5. The van der Waals surface area contributed by atoms with E-state index < -0.39 is 6.04 Å². The highest BCUT2D eigenvalue weighted by Gasteiger charge is 2.30. The summed E-state index contributed by atoms with van der Waals surface area (Å²) in [6.07, 6.45) is 1.53. The summed E-state index contributed by atoms with van der Waals surface area (Å²) in [7, 11) is 1.61. The largest absolute Gasteiger partial charge is 0.497 e. The molecule has 0 saturated carbocycles. The van der Waals surface area contributed by atoms with E-state index in [9.17, 15) is 14.4 Å². The molecule has 1 N–H and O–H groups in total. The zero-order chi connectivity index (χ0) is 26.5. The van der Waals surface area contributed by atoms with Gasteiger partial charge < -0.3 is 19.9 Å². The molecule has 1 aliphatic rings. The standard InChI is InChI=1S/C30H35N3O4/c1-5-20(2)31-29(35)21(3)33(19-22-14-16-24(37-4)17-15-22)27(34)13-8-18-32-26-12-7-10-23-9-6-11-25(28(23)26)30(32)36/h6-7,9-12,14-17,20-21H,5,8,13,18-19H2,1-4H3,(H,31,35)/t20-,21+/m0/s1. The molecule has 37 heavy (non-hydrogen) atoms. The fraction of sp³-hybridized carbons (Fsp3) is 0.367. The molecule has 4 rings (SSSR count). The van der Waals surface area contributed by atoms with Crippen LogP contribution in [-0.2, 0) is 16.1 Å². The monoisotopic (exact) mass is 501 g/mol. The van der Waals surface area contributed by atoms with Crippen LogP contribution in [0.15, 0.2) is 60.7 Å². The molecule has 194 valence electrons. The lowest BCUT2D eigenvalue weighted by Gasteiger charge is -2.30. The fourth-order valence-corrected chi connectivity index (χ4v) is 4.71. The number of anilines is 1. The van der Waals surface area contributed by atoms with Gasteiger partial charge in [-0.2, -0.15) is 0 Å². The van der Waals surface area contributed by atoms with Gasteiger partial charge in [0.1, 0.15) is 11.8 Å². The van der Waals surface area contributed by atoms with Crippen molar-refractivity contribution < 1.29 is 19.1 Å². The molecule has 0 saturated heterocycles. The molecule has 3 aromatic carbocycles. The highest BCUT2D eigenvalue weighted by Crippen LogP contribution is 2.37. The van der Waals surface area contributed by atoms with Crippen LogP contribution in [0.4, 0.5) is 5.69 Å². The Morgan fingerprint density at radius 1 is 1.03 bits per heavy atom. The predicted molar refractivity (Wildman–Crippen MR) is 146 cm³/mol. The number of ether oxygens (including phenoxy) is 1. The second-order valence-corrected chi connectivity index (χ2v) is 9.60. The van der Waals surface area contributed by atoms with Gasteiger partial charge in [-0.25, -0.2) is 0 Å². The SMILES string of the molecule is CC[C@H](C)NC(=O)[C@@H](C)N(Cc1ccc(OC)cc1)C(=O)CCCN1C(=O)c2cccc3cccc1c23. The summed E-state index contributed by atoms with van der Waals surface area (Å²) in [6.45, 7) is 6.47. The average molecular weight is 502 g/mol. The zero-order valence-electron chi connectivity index (χ0n) is 22.0. The Morgan fingerprint density at radius 3 is 2.41 bits per heavy atom. The molecule has 0 radical (unpaired) electrons. The van der Waals surface area contributed by atoms with E-state index >= 15 is 0 Å². The molecule has 1 aliphatic heterocycles. The summed E-state index contributed by atoms with van der Waals surface area (Å²) in [6, 6.07) is 18.6. The first-order valence-electron chi connectivity index (χ1n) is 12.9. The van der Waals surface area contributed by atoms with Crippen LogP contribution in [0.2, 0.25) is 0 Å². The lowest BCUT2D eigenvalue weighted by molar-refractivity contribution is -0.140. The molecule has 3 aromatic rings. The molecular weight excluding hydrogens is 466 g/mol. The maximum Gasteiger partial charge on any atom is 0.258 e. The van der Waals surface area contributed by atoms with E-state index in [-0.39, 0.29) is 30.2 Å². The fourth-order valence-electron chi connectivity index (χ4n) is 4.71. The third-order valence-electron chi connectivity index (χ3n) is 7.10. The quantitative estimate of drug-likeness (QED) is 0.405. The van der Waals surface area contributed by atoms with Crippen molar-refractivity contribution in [2.75, 3.05) is 18.6 Å². The van der Waals surface area contributed by atoms with Gasteiger partial charge in [0, 0.05) is 36.5 Å². The summed E-state index contributed by atoms with van der Waals surface area (Å²) in [5.41, 5.74) is 2.51. The van der Waals surface area contributed by atoms with Gasteiger partial charge in [0.25, 0.3) is 5.91 Å². The Balaban J connectivity index is 1.46. The van der Waals surface area contributed by atoms with Crippen LogP contribution in [0.1, 0.15) is 56.0 Å². The van der Waals surface area contributed by atoms with Gasteiger partial charge in [0.15, 0.2) is 0 Å². The number of hydrogen-bond acceptors (Lipinski definition) is 4. The van der Waals surface area contributed by atoms with Crippen LogP contribution in [0.25, 0.3) is 10.8 Å². The summed E-state index contributed by atoms with van der Waals surface area (Å²) in [5, 5.41) is 5.00. The van der Waals surface area contributed by atoms with E-state index in [1.54, 1.807) is 23.8 Å². The number of rotatable bonds is 11. The molecule has 2 atom stereocenters. The lowest BCUT2D eigenvalue weighted by atomic mass is 10.1. The van der Waals surface area contributed by atoms with Crippen molar-refractivity contribution in [3.8, 4) is 5.75 Å². The summed E-state index contributed by atoms with van der Waals surface area (Å²) in [4.78, 5) is 42.8. The Morgan fingerprint density at radius 2 is 1.73 bits per heavy atom. The van der Waals surface area contributed by atoms with Crippen molar-refractivity contribution in [1.29, 1.82) is 0 Å². The zero-order valence-corrected chi connectivity index (χ0v) is 22.0. The first-order valence-corrected chi connectivity index (χ1v) is 12.9. The number of benzene rings is 3. The third kappa shape index (κ3) is 5.61. The maximum atomic E-state index is 13.5. The summed E-state index contributed by atoms with van der Waals surface area (Å²) < 4.78 is 5.24. The number of nitrogens with zero attached hydrogens (tertiary/aromatic N) is 2. The highest BCUT2D eigenvalue weighted by molar-refractivity contribution is 6.25. The van der Waals surface area contributed by atoms with E-state index in [1.807, 2.05) is 74.5 Å². The first-order chi connectivity index (χ1) is 17.8. The second-order valence-electron chi connectivity index (χ2n) is 9.60. The van der Waals surface area contributed by atoms with Crippen molar-refractivity contribution in [3.63, 3.8) is 0 Å². The third-order valence-corrected chi connectivity index (χ3v) is 7.10. The molecule has 0 fully saturated rings. The second kappa shape index (κ2) is 11.5. The van der Waals surface area contributed by atoms with Crippen LogP contribution in [-0.4, -0.2) is 48.4 Å². The number of nitrogens with one attached hydrogen (secondary N) is 1. The summed E-state index contributed by atoms with van der Waals surface area (Å²) >= 11 is 0. The average Bonchev–Trinajstić information content (AvgIpc) is 3.19. The smallest absolute Gasteiger partial charge is 0.258 e. The highest BCUT2D eigenvalue weighted by atomic mass is 16.5. The van der Waals surface area contributed by atoms with E-state index in [1.165, 1.54) is 0 Å². The van der Waals surface area contributed by atoms with Gasteiger partial charge in [-0.15, -0.1) is 0 Å². The number of hydrogen-bond donors (Lipinski definition) is 1. The van der Waals surface area contributed by atoms with Crippen molar-refractivity contribution in [2.45, 2.75) is 58.7 Å². The van der Waals surface area contributed by atoms with Crippen molar-refractivity contribution in [1.82, 2.24) is 10.2 Å². The van der Waals surface area contributed by atoms with Crippen molar-refractivity contribution in [3.05, 3.63) is 71.8 Å². The van der Waals surface area contributed by atoms with Gasteiger partial charge in [0.2, 0.25) is 11.8 Å². The minimum atomic E-state index is -0.630.